The van der Waals surface area contributed by atoms with Crippen molar-refractivity contribution in [1.29, 1.82) is 0 Å². The van der Waals surface area contributed by atoms with Gasteiger partial charge in [0.25, 0.3) is 0 Å². The maximum absolute atomic E-state index is 2.60. The van der Waals surface area contributed by atoms with Crippen molar-refractivity contribution < 1.29 is 0 Å². The van der Waals surface area contributed by atoms with E-state index in [-0.39, 0.29) is 0 Å². The Kier molecular flexibility index (Phi) is 5.70. The summed E-state index contributed by atoms with van der Waals surface area (Å²) in [6.07, 6.45) is 26.4. The summed E-state index contributed by atoms with van der Waals surface area (Å²) in [5, 5.41) is 0. The molecule has 0 radical (unpaired) electrons. The van der Waals surface area contributed by atoms with E-state index >= 15 is 0 Å². The Morgan fingerprint density at radius 1 is 0.667 bits per heavy atom. The van der Waals surface area contributed by atoms with Gasteiger partial charge in [0, 0.05) is 0 Å². The second kappa shape index (κ2) is 7.96. The van der Waals surface area contributed by atoms with Crippen LogP contribution in [0.4, 0.5) is 0 Å². The van der Waals surface area contributed by atoms with E-state index in [9.17, 15) is 0 Å². The topological polar surface area (TPSA) is 0 Å². The molecule has 0 aromatic rings. The van der Waals surface area contributed by atoms with Crippen LogP contribution in [0.3, 0.4) is 0 Å². The fraction of sp³-hybridized carbons (Fsp3) is 0.917. The van der Waals surface area contributed by atoms with Crippen molar-refractivity contribution in [3.63, 3.8) is 0 Å². The molecule has 0 saturated heterocycles. The molecule has 24 heavy (non-hydrogen) atoms. The highest BCUT2D eigenvalue weighted by atomic mass is 14.6. The Hall–Kier alpha value is -0.260. The lowest BCUT2D eigenvalue weighted by Crippen LogP contribution is -2.30. The number of hydrogen-bond donors (Lipinski definition) is 0. The minimum absolute atomic E-state index is 1.01. The molecular formula is C24H40. The van der Waals surface area contributed by atoms with Crippen LogP contribution in [0.1, 0.15) is 96.8 Å². The summed E-state index contributed by atoms with van der Waals surface area (Å²) in [6.45, 7) is 2.31. The third-order valence-corrected chi connectivity index (χ3v) is 8.34. The first-order valence-corrected chi connectivity index (χ1v) is 11.6. The zero-order valence-corrected chi connectivity index (χ0v) is 16.1. The maximum atomic E-state index is 2.60. The molecule has 0 aromatic carbocycles. The zero-order chi connectivity index (χ0) is 16.4. The lowest BCUT2D eigenvalue weighted by Gasteiger charge is -2.36. The van der Waals surface area contributed by atoms with Crippen LogP contribution in [-0.2, 0) is 0 Å². The molecule has 0 aliphatic heterocycles. The van der Waals surface area contributed by atoms with Crippen molar-refractivity contribution in [1.82, 2.24) is 0 Å². The van der Waals surface area contributed by atoms with Crippen LogP contribution < -0.4 is 0 Å². The lowest BCUT2D eigenvalue weighted by molar-refractivity contribution is 0.142. The van der Waals surface area contributed by atoms with E-state index < -0.39 is 0 Å². The quantitative estimate of drug-likeness (QED) is 0.211. The molecule has 4 bridgehead atoms. The Labute approximate surface area is 150 Å². The van der Waals surface area contributed by atoms with Gasteiger partial charge in [-0.05, 0) is 60.7 Å². The van der Waals surface area contributed by atoms with E-state index in [0.717, 1.165) is 41.4 Å². The maximum Gasteiger partial charge on any atom is -0.0194 e. The summed E-state index contributed by atoms with van der Waals surface area (Å²) >= 11 is 0. The number of hydrogen-bond acceptors (Lipinski definition) is 0. The molecule has 0 spiro atoms. The molecule has 4 aliphatic rings. The van der Waals surface area contributed by atoms with Crippen molar-refractivity contribution in [2.24, 2.45) is 41.4 Å². The van der Waals surface area contributed by atoms with Crippen LogP contribution >= 0.6 is 0 Å². The molecule has 3 fully saturated rings. The molecule has 7 unspecified atom stereocenters. The van der Waals surface area contributed by atoms with E-state index in [1.165, 1.54) is 70.6 Å². The van der Waals surface area contributed by atoms with Crippen molar-refractivity contribution in [3.05, 3.63) is 12.2 Å². The van der Waals surface area contributed by atoms with Crippen molar-refractivity contribution in [2.75, 3.05) is 0 Å². The van der Waals surface area contributed by atoms with Crippen LogP contribution in [-0.4, -0.2) is 0 Å². The third-order valence-electron chi connectivity index (χ3n) is 8.34. The van der Waals surface area contributed by atoms with Crippen molar-refractivity contribution in [2.45, 2.75) is 96.8 Å². The van der Waals surface area contributed by atoms with Crippen LogP contribution in [0.25, 0.3) is 0 Å². The summed E-state index contributed by atoms with van der Waals surface area (Å²) in [5.74, 6) is 7.67. The van der Waals surface area contributed by atoms with Gasteiger partial charge < -0.3 is 0 Å². The van der Waals surface area contributed by atoms with E-state index in [1.54, 1.807) is 19.3 Å². The Bertz CT molecular complexity index is 422. The lowest BCUT2D eigenvalue weighted by atomic mass is 9.68. The number of rotatable bonds is 11. The summed E-state index contributed by atoms with van der Waals surface area (Å²) < 4.78 is 0. The van der Waals surface area contributed by atoms with Gasteiger partial charge in [0.2, 0.25) is 0 Å². The standard InChI is InChI=1S/C24H40/c1-2-3-4-5-6-7-8-9-10-11-12-18-15-21-17-22(18)24-20-14-13-19(16-20)23(21)24/h13-14,18-24H,2-12,15-17H2,1H3. The van der Waals surface area contributed by atoms with Crippen LogP contribution in [0.15, 0.2) is 12.2 Å². The minimum atomic E-state index is 1.01. The SMILES string of the molecule is CCCCCCCCCCCCC1CC2CC1C1C3C=CC(C3)C21. The monoisotopic (exact) mass is 328 g/mol. The number of fused-ring (bicyclic) bond motifs is 9. The van der Waals surface area contributed by atoms with Gasteiger partial charge in [-0.2, -0.15) is 0 Å². The van der Waals surface area contributed by atoms with Crippen LogP contribution in [0.5, 0.6) is 0 Å². The molecule has 7 atom stereocenters. The number of unbranched alkanes of at least 4 members (excludes halogenated alkanes) is 9. The molecule has 3 saturated carbocycles. The smallest absolute Gasteiger partial charge is 0.0194 e. The second-order valence-electron chi connectivity index (χ2n) is 9.73. The van der Waals surface area contributed by atoms with Gasteiger partial charge in [-0.25, -0.2) is 0 Å². The molecule has 136 valence electrons. The third kappa shape index (κ3) is 3.36. The van der Waals surface area contributed by atoms with Crippen molar-refractivity contribution in [3.8, 4) is 0 Å². The predicted octanol–water partition coefficient (Wildman–Crippen LogP) is 7.39. The van der Waals surface area contributed by atoms with Gasteiger partial charge >= 0.3 is 0 Å². The normalized spacial score (nSPS) is 41.5. The van der Waals surface area contributed by atoms with Gasteiger partial charge in [-0.1, -0.05) is 89.7 Å². The summed E-state index contributed by atoms with van der Waals surface area (Å²) in [4.78, 5) is 0. The molecule has 4 rings (SSSR count). The van der Waals surface area contributed by atoms with Crippen LogP contribution in [0.2, 0.25) is 0 Å². The average molecular weight is 329 g/mol. The first-order chi connectivity index (χ1) is 11.9. The minimum Gasteiger partial charge on any atom is -0.0848 e. The molecule has 0 aromatic heterocycles. The summed E-state index contributed by atoms with van der Waals surface area (Å²) in [7, 11) is 0. The van der Waals surface area contributed by atoms with E-state index in [1.807, 2.05) is 0 Å². The first kappa shape index (κ1) is 17.2. The molecule has 0 nitrogen and oxygen atoms in total. The zero-order valence-electron chi connectivity index (χ0n) is 16.1. The predicted molar refractivity (Wildman–Crippen MR) is 104 cm³/mol. The average Bonchev–Trinajstić information content (AvgIpc) is 3.35. The highest BCUT2D eigenvalue weighted by molar-refractivity contribution is 5.20. The molecular weight excluding hydrogens is 288 g/mol. The van der Waals surface area contributed by atoms with Gasteiger partial charge in [0.1, 0.15) is 0 Å². The Balaban J connectivity index is 1.07. The molecule has 4 aliphatic carbocycles. The van der Waals surface area contributed by atoms with E-state index in [2.05, 4.69) is 19.1 Å². The summed E-state index contributed by atoms with van der Waals surface area (Å²) in [5.41, 5.74) is 0. The Morgan fingerprint density at radius 2 is 1.29 bits per heavy atom. The van der Waals surface area contributed by atoms with Gasteiger partial charge in [0.15, 0.2) is 0 Å². The van der Waals surface area contributed by atoms with Gasteiger partial charge in [0.05, 0.1) is 0 Å². The Morgan fingerprint density at radius 3 is 2.00 bits per heavy atom. The molecule has 0 N–H and O–H groups in total. The fourth-order valence-corrected chi connectivity index (χ4v) is 7.38. The van der Waals surface area contributed by atoms with Gasteiger partial charge in [-0.15, -0.1) is 0 Å². The second-order valence-corrected chi connectivity index (χ2v) is 9.73. The first-order valence-electron chi connectivity index (χ1n) is 11.6. The fourth-order valence-electron chi connectivity index (χ4n) is 7.38. The van der Waals surface area contributed by atoms with Crippen molar-refractivity contribution >= 4 is 0 Å². The van der Waals surface area contributed by atoms with E-state index in [0.29, 0.717) is 0 Å². The van der Waals surface area contributed by atoms with E-state index in [4.69, 9.17) is 0 Å². The molecule has 0 heteroatoms. The molecule has 0 heterocycles. The number of allylic oxidation sites excluding steroid dienone is 2. The van der Waals surface area contributed by atoms with Crippen LogP contribution in [0, 0.1) is 41.4 Å². The largest absolute Gasteiger partial charge is 0.0848 e. The highest BCUT2D eigenvalue weighted by Gasteiger charge is 2.60. The summed E-state index contributed by atoms with van der Waals surface area (Å²) in [6, 6.07) is 0. The van der Waals surface area contributed by atoms with Gasteiger partial charge in [-0.3, -0.25) is 0 Å². The highest BCUT2D eigenvalue weighted by Crippen LogP contribution is 2.67. The molecule has 0 amide bonds.